The molecule has 0 heterocycles. The molecule has 0 aliphatic heterocycles. The van der Waals surface area contributed by atoms with Gasteiger partial charge in [-0.05, 0) is 43.3 Å². The van der Waals surface area contributed by atoms with E-state index in [9.17, 15) is 22.8 Å². The van der Waals surface area contributed by atoms with Crippen LogP contribution in [0.4, 0.5) is 24.5 Å². The molecule has 2 rings (SSSR count). The summed E-state index contributed by atoms with van der Waals surface area (Å²) in [6.45, 7) is 2.01. The molecule has 144 valence electrons. The lowest BCUT2D eigenvalue weighted by Crippen LogP contribution is -2.18. The van der Waals surface area contributed by atoms with Gasteiger partial charge in [-0.3, -0.25) is 4.79 Å². The summed E-state index contributed by atoms with van der Waals surface area (Å²) in [5.41, 5.74) is -0.0134. The summed E-state index contributed by atoms with van der Waals surface area (Å²) in [5, 5.41) is 5.25. The van der Waals surface area contributed by atoms with E-state index < -0.39 is 17.7 Å². The lowest BCUT2D eigenvalue weighted by molar-refractivity contribution is -0.137. The first-order chi connectivity index (χ1) is 12.8. The van der Waals surface area contributed by atoms with E-state index in [0.29, 0.717) is 11.3 Å². The molecule has 0 unspecified atom stereocenters. The fourth-order valence-electron chi connectivity index (χ4n) is 2.32. The highest BCUT2D eigenvalue weighted by atomic mass is 19.4. The van der Waals surface area contributed by atoms with Crippen LogP contribution in [0.1, 0.15) is 29.3 Å². The third-order valence-corrected chi connectivity index (χ3v) is 3.58. The van der Waals surface area contributed by atoms with Crippen LogP contribution >= 0.6 is 0 Å². The van der Waals surface area contributed by atoms with Gasteiger partial charge in [0.05, 0.1) is 17.7 Å². The van der Waals surface area contributed by atoms with E-state index in [1.807, 2.05) is 0 Å². The maximum Gasteiger partial charge on any atom is 0.418 e. The molecular weight excluding hydrogens is 361 g/mol. The number of hydrogen-bond donors (Lipinski definition) is 2. The predicted molar refractivity (Wildman–Crippen MR) is 95.6 cm³/mol. The summed E-state index contributed by atoms with van der Waals surface area (Å²) in [6.07, 6.45) is -4.49. The Labute approximate surface area is 154 Å². The molecule has 5 nitrogen and oxygen atoms in total. The molecule has 0 aliphatic rings. The van der Waals surface area contributed by atoms with Crippen molar-refractivity contribution in [1.82, 2.24) is 0 Å². The number of amides is 1. The van der Waals surface area contributed by atoms with E-state index in [-0.39, 0.29) is 31.2 Å². The second-order valence-corrected chi connectivity index (χ2v) is 5.57. The number of benzene rings is 2. The zero-order chi connectivity index (χ0) is 19.9. The van der Waals surface area contributed by atoms with Gasteiger partial charge in [0.1, 0.15) is 0 Å². The molecule has 0 aromatic heterocycles. The number of halogens is 3. The Morgan fingerprint density at radius 1 is 1.04 bits per heavy atom. The standard InChI is InChI=1S/C19H19F3N2O3/c1-2-27-18(26)13-7-9-14(10-8-13)24-17(25)11-12-23-16-6-4-3-5-15(16)19(20,21)22/h3-10,23H,2,11-12H2,1H3,(H,24,25). The van der Waals surface area contributed by atoms with Gasteiger partial charge in [-0.2, -0.15) is 13.2 Å². The number of anilines is 2. The van der Waals surface area contributed by atoms with E-state index in [0.717, 1.165) is 6.07 Å². The molecule has 0 bridgehead atoms. The molecule has 2 aromatic rings. The number of hydrogen-bond acceptors (Lipinski definition) is 4. The Hall–Kier alpha value is -3.03. The zero-order valence-electron chi connectivity index (χ0n) is 14.6. The van der Waals surface area contributed by atoms with Crippen molar-refractivity contribution in [2.45, 2.75) is 19.5 Å². The molecule has 27 heavy (non-hydrogen) atoms. The van der Waals surface area contributed by atoms with E-state index in [1.165, 1.54) is 30.3 Å². The maximum atomic E-state index is 12.9. The van der Waals surface area contributed by atoms with Crippen molar-refractivity contribution < 1.29 is 27.5 Å². The third-order valence-electron chi connectivity index (χ3n) is 3.58. The van der Waals surface area contributed by atoms with Crippen LogP contribution in [0.3, 0.4) is 0 Å². The summed E-state index contributed by atoms with van der Waals surface area (Å²) in [4.78, 5) is 23.5. The van der Waals surface area contributed by atoms with Gasteiger partial charge < -0.3 is 15.4 Å². The molecule has 0 saturated heterocycles. The van der Waals surface area contributed by atoms with Crippen LogP contribution < -0.4 is 10.6 Å². The van der Waals surface area contributed by atoms with Crippen molar-refractivity contribution in [2.75, 3.05) is 23.8 Å². The summed E-state index contributed by atoms with van der Waals surface area (Å²) in [7, 11) is 0. The fraction of sp³-hybridized carbons (Fsp3) is 0.263. The molecular formula is C19H19F3N2O3. The Bertz CT molecular complexity index is 790. The van der Waals surface area contributed by atoms with E-state index in [2.05, 4.69) is 10.6 Å². The molecule has 2 N–H and O–H groups in total. The van der Waals surface area contributed by atoms with Gasteiger partial charge >= 0.3 is 12.1 Å². The van der Waals surface area contributed by atoms with Crippen molar-refractivity contribution in [3.05, 3.63) is 59.7 Å². The monoisotopic (exact) mass is 380 g/mol. The van der Waals surface area contributed by atoms with Crippen molar-refractivity contribution in [2.24, 2.45) is 0 Å². The number of alkyl halides is 3. The Morgan fingerprint density at radius 2 is 1.70 bits per heavy atom. The first-order valence-corrected chi connectivity index (χ1v) is 8.28. The minimum atomic E-state index is -4.47. The fourth-order valence-corrected chi connectivity index (χ4v) is 2.32. The largest absolute Gasteiger partial charge is 0.462 e. The average molecular weight is 380 g/mol. The highest BCUT2D eigenvalue weighted by Gasteiger charge is 2.33. The molecule has 0 spiro atoms. The summed E-state index contributed by atoms with van der Waals surface area (Å²) in [5.74, 6) is -0.821. The van der Waals surface area contributed by atoms with Crippen molar-refractivity contribution in [1.29, 1.82) is 0 Å². The number of carbonyl (C=O) groups excluding carboxylic acids is 2. The number of carbonyl (C=O) groups is 2. The number of ether oxygens (including phenoxy) is 1. The minimum Gasteiger partial charge on any atom is -0.462 e. The lowest BCUT2D eigenvalue weighted by atomic mass is 10.1. The van der Waals surface area contributed by atoms with Crippen LogP contribution in [0.2, 0.25) is 0 Å². The van der Waals surface area contributed by atoms with Crippen molar-refractivity contribution >= 4 is 23.3 Å². The van der Waals surface area contributed by atoms with Crippen molar-refractivity contribution in [3.63, 3.8) is 0 Å². The quantitative estimate of drug-likeness (QED) is 0.702. The Kier molecular flexibility index (Phi) is 6.81. The SMILES string of the molecule is CCOC(=O)c1ccc(NC(=O)CCNc2ccccc2C(F)(F)F)cc1. The smallest absolute Gasteiger partial charge is 0.418 e. The van der Waals surface area contributed by atoms with Gasteiger partial charge in [-0.15, -0.1) is 0 Å². The molecule has 0 radical (unpaired) electrons. The third kappa shape index (κ3) is 6.02. The zero-order valence-corrected chi connectivity index (χ0v) is 14.6. The van der Waals surface area contributed by atoms with Crippen LogP contribution in [0.5, 0.6) is 0 Å². The predicted octanol–water partition coefficient (Wildman–Crippen LogP) is 4.32. The van der Waals surface area contributed by atoms with Gasteiger partial charge in [-0.1, -0.05) is 12.1 Å². The number of para-hydroxylation sites is 1. The van der Waals surface area contributed by atoms with Crippen molar-refractivity contribution in [3.8, 4) is 0 Å². The van der Waals surface area contributed by atoms with Gasteiger partial charge in [0.25, 0.3) is 0 Å². The summed E-state index contributed by atoms with van der Waals surface area (Å²) in [6, 6.07) is 11.2. The van der Waals surface area contributed by atoms with Gasteiger partial charge in [0.15, 0.2) is 0 Å². The molecule has 0 saturated carbocycles. The highest BCUT2D eigenvalue weighted by molar-refractivity contribution is 5.93. The second-order valence-electron chi connectivity index (χ2n) is 5.57. The molecule has 1 amide bonds. The van der Waals surface area contributed by atoms with E-state index in [1.54, 1.807) is 19.1 Å². The lowest BCUT2D eigenvalue weighted by Gasteiger charge is -2.14. The van der Waals surface area contributed by atoms with Crippen LogP contribution in [0.25, 0.3) is 0 Å². The Balaban J connectivity index is 1.86. The number of rotatable bonds is 7. The Morgan fingerprint density at radius 3 is 2.33 bits per heavy atom. The maximum absolute atomic E-state index is 12.9. The first kappa shape index (κ1) is 20.3. The number of esters is 1. The number of nitrogens with one attached hydrogen (secondary N) is 2. The molecule has 0 fully saturated rings. The van der Waals surface area contributed by atoms with Crippen LogP contribution in [0.15, 0.2) is 48.5 Å². The minimum absolute atomic E-state index is 0.0220. The van der Waals surface area contributed by atoms with E-state index in [4.69, 9.17) is 4.74 Å². The van der Waals surface area contributed by atoms with Gasteiger partial charge in [0.2, 0.25) is 5.91 Å². The van der Waals surface area contributed by atoms with Gasteiger partial charge in [-0.25, -0.2) is 4.79 Å². The molecule has 2 aromatic carbocycles. The van der Waals surface area contributed by atoms with Gasteiger partial charge in [0, 0.05) is 24.3 Å². The molecule has 0 aliphatic carbocycles. The second kappa shape index (κ2) is 9.07. The first-order valence-electron chi connectivity index (χ1n) is 8.28. The normalized spacial score (nSPS) is 11.0. The van der Waals surface area contributed by atoms with Crippen LogP contribution in [-0.4, -0.2) is 25.0 Å². The van der Waals surface area contributed by atoms with Crippen LogP contribution in [-0.2, 0) is 15.7 Å². The summed E-state index contributed by atoms with van der Waals surface area (Å²) < 4.78 is 43.6. The van der Waals surface area contributed by atoms with Crippen LogP contribution in [0, 0.1) is 0 Å². The molecule has 8 heteroatoms. The molecule has 0 atom stereocenters. The highest BCUT2D eigenvalue weighted by Crippen LogP contribution is 2.34. The summed E-state index contributed by atoms with van der Waals surface area (Å²) >= 11 is 0. The van der Waals surface area contributed by atoms with E-state index >= 15 is 0 Å². The topological polar surface area (TPSA) is 67.4 Å². The average Bonchev–Trinajstić information content (AvgIpc) is 2.62.